The molecule has 2 heterocycles. The highest BCUT2D eigenvalue weighted by Crippen LogP contribution is 2.19. The number of carbonyl (C=O) groups is 1. The van der Waals surface area contributed by atoms with E-state index >= 15 is 0 Å². The first-order chi connectivity index (χ1) is 14.2. The van der Waals surface area contributed by atoms with Crippen molar-refractivity contribution in [3.05, 3.63) is 59.9 Å². The molecule has 2 aliphatic rings. The second kappa shape index (κ2) is 9.27. The van der Waals surface area contributed by atoms with Crippen LogP contribution in [-0.4, -0.2) is 63.3 Å². The van der Waals surface area contributed by atoms with Gasteiger partial charge in [-0.15, -0.1) is 0 Å². The number of benzene rings is 2. The quantitative estimate of drug-likeness (QED) is 0.777. The molecule has 1 amide bonds. The highest BCUT2D eigenvalue weighted by molar-refractivity contribution is 5.76. The topological polar surface area (TPSA) is 36.0 Å². The van der Waals surface area contributed by atoms with Crippen LogP contribution in [0.4, 0.5) is 15.8 Å². The molecule has 2 aromatic carbocycles. The molecule has 4 rings (SSSR count). The zero-order chi connectivity index (χ0) is 20.1. The molecule has 0 N–H and O–H groups in total. The van der Waals surface area contributed by atoms with E-state index in [2.05, 4.69) is 34.1 Å². The number of nitrogens with zero attached hydrogens (tertiary/aromatic N) is 3. The molecule has 2 saturated heterocycles. The lowest BCUT2D eigenvalue weighted by Crippen LogP contribution is -2.48. The van der Waals surface area contributed by atoms with Crippen molar-refractivity contribution in [3.63, 3.8) is 0 Å². The van der Waals surface area contributed by atoms with Crippen molar-refractivity contribution >= 4 is 17.3 Å². The minimum Gasteiger partial charge on any atom is -0.378 e. The van der Waals surface area contributed by atoms with E-state index in [1.807, 2.05) is 4.90 Å². The Morgan fingerprint density at radius 1 is 0.793 bits per heavy atom. The van der Waals surface area contributed by atoms with Gasteiger partial charge in [0, 0.05) is 57.1 Å². The molecule has 2 aromatic rings. The molecule has 5 nitrogen and oxygen atoms in total. The number of hydrogen-bond acceptors (Lipinski definition) is 4. The zero-order valence-corrected chi connectivity index (χ0v) is 16.7. The molecule has 6 heteroatoms. The van der Waals surface area contributed by atoms with E-state index in [0.717, 1.165) is 51.5 Å². The van der Waals surface area contributed by atoms with Gasteiger partial charge in [0.25, 0.3) is 0 Å². The van der Waals surface area contributed by atoms with E-state index in [9.17, 15) is 9.18 Å². The Kier molecular flexibility index (Phi) is 6.30. The van der Waals surface area contributed by atoms with Gasteiger partial charge in [-0.2, -0.15) is 0 Å². The number of morpholine rings is 1. The predicted molar refractivity (Wildman–Crippen MR) is 113 cm³/mol. The average molecular weight is 397 g/mol. The van der Waals surface area contributed by atoms with E-state index in [0.29, 0.717) is 19.5 Å². The van der Waals surface area contributed by atoms with Gasteiger partial charge in [-0.05, 0) is 48.4 Å². The van der Waals surface area contributed by atoms with Crippen molar-refractivity contribution in [1.29, 1.82) is 0 Å². The van der Waals surface area contributed by atoms with Gasteiger partial charge in [0.1, 0.15) is 5.82 Å². The van der Waals surface area contributed by atoms with Crippen LogP contribution >= 0.6 is 0 Å². The van der Waals surface area contributed by atoms with Gasteiger partial charge in [0.15, 0.2) is 0 Å². The number of hydrogen-bond donors (Lipinski definition) is 0. The summed E-state index contributed by atoms with van der Waals surface area (Å²) < 4.78 is 18.5. The third-order valence-corrected chi connectivity index (χ3v) is 5.76. The fraction of sp³-hybridized carbons (Fsp3) is 0.435. The Bertz CT molecular complexity index is 796. The van der Waals surface area contributed by atoms with Gasteiger partial charge in [-0.1, -0.05) is 12.1 Å². The molecular formula is C23H28FN3O2. The van der Waals surface area contributed by atoms with Crippen LogP contribution in [0.25, 0.3) is 0 Å². The van der Waals surface area contributed by atoms with Crippen LogP contribution in [0.5, 0.6) is 0 Å². The van der Waals surface area contributed by atoms with Crippen LogP contribution in [0.1, 0.15) is 12.0 Å². The Balaban J connectivity index is 1.23. The van der Waals surface area contributed by atoms with E-state index in [4.69, 9.17) is 4.74 Å². The lowest BCUT2D eigenvalue weighted by molar-refractivity contribution is -0.131. The van der Waals surface area contributed by atoms with Crippen LogP contribution in [0.3, 0.4) is 0 Å². The first-order valence-electron chi connectivity index (χ1n) is 10.4. The maximum Gasteiger partial charge on any atom is 0.223 e. The van der Waals surface area contributed by atoms with Crippen molar-refractivity contribution in [1.82, 2.24) is 4.90 Å². The van der Waals surface area contributed by atoms with Crippen LogP contribution < -0.4 is 9.80 Å². The molecule has 0 atom stereocenters. The highest BCUT2D eigenvalue weighted by atomic mass is 19.1. The summed E-state index contributed by atoms with van der Waals surface area (Å²) >= 11 is 0. The molecule has 154 valence electrons. The fourth-order valence-electron chi connectivity index (χ4n) is 3.97. The highest BCUT2D eigenvalue weighted by Gasteiger charge is 2.21. The number of aryl methyl sites for hydroxylation is 1. The molecule has 0 unspecified atom stereocenters. The summed E-state index contributed by atoms with van der Waals surface area (Å²) in [4.78, 5) is 19.1. The summed E-state index contributed by atoms with van der Waals surface area (Å²) in [5.74, 6) is -0.0125. The summed E-state index contributed by atoms with van der Waals surface area (Å²) in [6.45, 7) is 6.43. The number of halogens is 1. The van der Waals surface area contributed by atoms with Crippen molar-refractivity contribution < 1.29 is 13.9 Å². The number of ether oxygens (including phenoxy) is 1. The van der Waals surface area contributed by atoms with Gasteiger partial charge in [0.05, 0.1) is 13.2 Å². The van der Waals surface area contributed by atoms with Crippen molar-refractivity contribution in [2.24, 2.45) is 0 Å². The third kappa shape index (κ3) is 5.07. The summed E-state index contributed by atoms with van der Waals surface area (Å²) in [7, 11) is 0. The van der Waals surface area contributed by atoms with Gasteiger partial charge < -0.3 is 19.4 Å². The monoisotopic (exact) mass is 397 g/mol. The number of carbonyl (C=O) groups excluding carboxylic acids is 1. The third-order valence-electron chi connectivity index (χ3n) is 5.76. The fourth-order valence-corrected chi connectivity index (χ4v) is 3.97. The van der Waals surface area contributed by atoms with Crippen molar-refractivity contribution in [2.45, 2.75) is 12.8 Å². The minimum atomic E-state index is -0.222. The maximum atomic E-state index is 13.1. The predicted octanol–water partition coefficient (Wildman–Crippen LogP) is 2.94. The number of rotatable bonds is 5. The summed E-state index contributed by atoms with van der Waals surface area (Å²) in [6, 6.07) is 15.1. The van der Waals surface area contributed by atoms with Crippen molar-refractivity contribution in [2.75, 3.05) is 62.3 Å². The Hall–Kier alpha value is -2.60. The van der Waals surface area contributed by atoms with E-state index in [1.54, 1.807) is 12.1 Å². The average Bonchev–Trinajstić information content (AvgIpc) is 2.79. The minimum absolute atomic E-state index is 0.209. The van der Waals surface area contributed by atoms with Crippen LogP contribution in [0.15, 0.2) is 48.5 Å². The number of amides is 1. The smallest absolute Gasteiger partial charge is 0.223 e. The molecule has 2 aliphatic heterocycles. The molecule has 0 aromatic heterocycles. The molecule has 29 heavy (non-hydrogen) atoms. The standard InChI is InChI=1S/C23H28FN3O2/c24-20-4-8-22(9-5-20)25-11-13-27(14-12-25)23(28)10-3-19-1-6-21(7-2-19)26-15-17-29-18-16-26/h1-2,4-9H,3,10-18H2. The molecule has 0 saturated carbocycles. The van der Waals surface area contributed by atoms with E-state index in [1.165, 1.54) is 23.4 Å². The van der Waals surface area contributed by atoms with Crippen LogP contribution in [0.2, 0.25) is 0 Å². The number of piperazine rings is 1. The van der Waals surface area contributed by atoms with Gasteiger partial charge in [-0.3, -0.25) is 4.79 Å². The number of anilines is 2. The van der Waals surface area contributed by atoms with E-state index in [-0.39, 0.29) is 11.7 Å². The maximum absolute atomic E-state index is 13.1. The summed E-state index contributed by atoms with van der Waals surface area (Å²) in [5.41, 5.74) is 3.43. The van der Waals surface area contributed by atoms with Crippen LogP contribution in [0, 0.1) is 5.82 Å². The second-order valence-electron chi connectivity index (χ2n) is 7.61. The van der Waals surface area contributed by atoms with Gasteiger partial charge in [-0.25, -0.2) is 4.39 Å². The van der Waals surface area contributed by atoms with E-state index < -0.39 is 0 Å². The molecular weight excluding hydrogens is 369 g/mol. The Morgan fingerprint density at radius 3 is 1.97 bits per heavy atom. The lowest BCUT2D eigenvalue weighted by atomic mass is 10.1. The molecule has 0 aliphatic carbocycles. The Labute approximate surface area is 171 Å². The normalized spacial score (nSPS) is 17.5. The lowest BCUT2D eigenvalue weighted by Gasteiger charge is -2.36. The first kappa shape index (κ1) is 19.7. The first-order valence-corrected chi connectivity index (χ1v) is 10.4. The molecule has 0 bridgehead atoms. The summed E-state index contributed by atoms with van der Waals surface area (Å²) in [5, 5.41) is 0. The molecule has 2 fully saturated rings. The molecule has 0 spiro atoms. The largest absolute Gasteiger partial charge is 0.378 e. The zero-order valence-electron chi connectivity index (χ0n) is 16.7. The summed E-state index contributed by atoms with van der Waals surface area (Å²) in [6.07, 6.45) is 1.30. The second-order valence-corrected chi connectivity index (χ2v) is 7.61. The van der Waals surface area contributed by atoms with Crippen LogP contribution in [-0.2, 0) is 16.0 Å². The Morgan fingerprint density at radius 2 is 1.34 bits per heavy atom. The SMILES string of the molecule is O=C(CCc1ccc(N2CCOCC2)cc1)N1CCN(c2ccc(F)cc2)CC1. The van der Waals surface area contributed by atoms with Crippen molar-refractivity contribution in [3.8, 4) is 0 Å². The van der Waals surface area contributed by atoms with Gasteiger partial charge >= 0.3 is 0 Å². The van der Waals surface area contributed by atoms with Gasteiger partial charge in [0.2, 0.25) is 5.91 Å². The molecule has 0 radical (unpaired) electrons.